The van der Waals surface area contributed by atoms with Crippen molar-refractivity contribution in [1.82, 2.24) is 5.32 Å². The van der Waals surface area contributed by atoms with E-state index in [4.69, 9.17) is 4.74 Å². The van der Waals surface area contributed by atoms with Crippen molar-refractivity contribution in [2.45, 2.75) is 51.0 Å². The summed E-state index contributed by atoms with van der Waals surface area (Å²) in [6.45, 7) is 0.854. The fourth-order valence-electron chi connectivity index (χ4n) is 3.72. The number of benzene rings is 1. The minimum atomic E-state index is 0.518. The number of hydrogen-bond donors (Lipinski definition) is 1. The van der Waals surface area contributed by atoms with Crippen LogP contribution < -0.4 is 10.1 Å². The van der Waals surface area contributed by atoms with Gasteiger partial charge in [-0.2, -0.15) is 0 Å². The largest absolute Gasteiger partial charge is 0.493 e. The summed E-state index contributed by atoms with van der Waals surface area (Å²) >= 11 is 0. The van der Waals surface area contributed by atoms with Crippen LogP contribution in [0.4, 0.5) is 0 Å². The molecule has 1 aliphatic heterocycles. The molecule has 0 amide bonds. The zero-order valence-corrected chi connectivity index (χ0v) is 12.0. The fraction of sp³-hybridized carbons (Fsp3) is 0.647. The minimum Gasteiger partial charge on any atom is -0.493 e. The minimum absolute atomic E-state index is 0.518. The monoisotopic (exact) mass is 259 g/mol. The van der Waals surface area contributed by atoms with Gasteiger partial charge in [0.05, 0.1) is 6.61 Å². The highest BCUT2D eigenvalue weighted by molar-refractivity contribution is 5.41. The van der Waals surface area contributed by atoms with E-state index >= 15 is 0 Å². The fourth-order valence-corrected chi connectivity index (χ4v) is 3.72. The van der Waals surface area contributed by atoms with Crippen molar-refractivity contribution >= 4 is 0 Å². The van der Waals surface area contributed by atoms with Crippen LogP contribution in [0.2, 0.25) is 0 Å². The first-order valence-electron chi connectivity index (χ1n) is 7.81. The average Bonchev–Trinajstić information content (AvgIpc) is 2.74. The van der Waals surface area contributed by atoms with Crippen molar-refractivity contribution in [3.05, 3.63) is 29.3 Å². The summed E-state index contributed by atoms with van der Waals surface area (Å²) in [7, 11) is 2.11. The zero-order chi connectivity index (χ0) is 13.1. The summed E-state index contributed by atoms with van der Waals surface area (Å²) in [5.74, 6) is 1.90. The quantitative estimate of drug-likeness (QED) is 0.832. The normalized spacial score (nSPS) is 21.5. The van der Waals surface area contributed by atoms with E-state index < -0.39 is 0 Å². The molecular weight excluding hydrogens is 234 g/mol. The molecule has 3 rings (SSSR count). The van der Waals surface area contributed by atoms with Crippen LogP contribution in [0.15, 0.2) is 18.2 Å². The van der Waals surface area contributed by atoms with Gasteiger partial charge in [0.25, 0.3) is 0 Å². The summed E-state index contributed by atoms with van der Waals surface area (Å²) in [6.07, 6.45) is 9.46. The highest BCUT2D eigenvalue weighted by Crippen LogP contribution is 2.35. The SMILES string of the molecule is CNC(c1ccc2c(c1)CCO2)C1CCCCCC1. The molecule has 1 fully saturated rings. The molecule has 104 valence electrons. The van der Waals surface area contributed by atoms with Crippen LogP contribution in [0.1, 0.15) is 55.7 Å². The predicted octanol–water partition coefficient (Wildman–Crippen LogP) is 3.85. The predicted molar refractivity (Wildman–Crippen MR) is 78.6 cm³/mol. The Morgan fingerprint density at radius 2 is 1.95 bits per heavy atom. The third-order valence-electron chi connectivity index (χ3n) is 4.75. The molecule has 1 heterocycles. The first-order valence-corrected chi connectivity index (χ1v) is 7.81. The van der Waals surface area contributed by atoms with Gasteiger partial charge in [0.1, 0.15) is 5.75 Å². The second kappa shape index (κ2) is 5.96. The van der Waals surface area contributed by atoms with Gasteiger partial charge in [-0.3, -0.25) is 0 Å². The molecule has 0 radical (unpaired) electrons. The summed E-state index contributed by atoms with van der Waals surface area (Å²) in [4.78, 5) is 0. The number of hydrogen-bond acceptors (Lipinski definition) is 2. The molecule has 19 heavy (non-hydrogen) atoms. The Hall–Kier alpha value is -1.02. The van der Waals surface area contributed by atoms with E-state index in [1.54, 1.807) is 0 Å². The molecule has 1 atom stereocenters. The second-order valence-electron chi connectivity index (χ2n) is 5.98. The lowest BCUT2D eigenvalue weighted by Gasteiger charge is -2.26. The van der Waals surface area contributed by atoms with Gasteiger partial charge in [-0.05, 0) is 43.0 Å². The number of ether oxygens (including phenoxy) is 1. The van der Waals surface area contributed by atoms with Crippen LogP contribution in [-0.4, -0.2) is 13.7 Å². The van der Waals surface area contributed by atoms with Crippen molar-refractivity contribution in [2.24, 2.45) is 5.92 Å². The molecule has 1 aliphatic carbocycles. The van der Waals surface area contributed by atoms with Crippen molar-refractivity contribution in [1.29, 1.82) is 0 Å². The summed E-state index contributed by atoms with van der Waals surface area (Å²) in [5, 5.41) is 3.57. The third kappa shape index (κ3) is 2.79. The molecule has 1 aromatic carbocycles. The Bertz CT molecular complexity index is 421. The maximum absolute atomic E-state index is 5.61. The molecule has 0 saturated heterocycles. The van der Waals surface area contributed by atoms with E-state index in [0.717, 1.165) is 24.7 Å². The van der Waals surface area contributed by atoms with Crippen LogP contribution in [0, 0.1) is 5.92 Å². The van der Waals surface area contributed by atoms with Gasteiger partial charge in [0.2, 0.25) is 0 Å². The average molecular weight is 259 g/mol. The molecule has 1 aromatic rings. The van der Waals surface area contributed by atoms with Crippen molar-refractivity contribution in [2.75, 3.05) is 13.7 Å². The van der Waals surface area contributed by atoms with Gasteiger partial charge in [-0.25, -0.2) is 0 Å². The second-order valence-corrected chi connectivity index (χ2v) is 5.98. The summed E-state index contributed by atoms with van der Waals surface area (Å²) < 4.78 is 5.61. The van der Waals surface area contributed by atoms with Crippen LogP contribution in [-0.2, 0) is 6.42 Å². The van der Waals surface area contributed by atoms with E-state index in [1.807, 2.05) is 0 Å². The Morgan fingerprint density at radius 3 is 2.68 bits per heavy atom. The van der Waals surface area contributed by atoms with E-state index in [2.05, 4.69) is 30.6 Å². The molecule has 2 nitrogen and oxygen atoms in total. The van der Waals surface area contributed by atoms with Gasteiger partial charge in [-0.1, -0.05) is 37.8 Å². The Kier molecular flexibility index (Phi) is 4.07. The third-order valence-corrected chi connectivity index (χ3v) is 4.75. The van der Waals surface area contributed by atoms with E-state index in [1.165, 1.54) is 49.7 Å². The van der Waals surface area contributed by atoms with Crippen molar-refractivity contribution in [3.8, 4) is 5.75 Å². The van der Waals surface area contributed by atoms with Crippen LogP contribution in [0.25, 0.3) is 0 Å². The molecule has 0 spiro atoms. The molecule has 0 aromatic heterocycles. The van der Waals surface area contributed by atoms with Gasteiger partial charge in [0.15, 0.2) is 0 Å². The van der Waals surface area contributed by atoms with Crippen LogP contribution in [0.5, 0.6) is 5.75 Å². The van der Waals surface area contributed by atoms with Crippen LogP contribution >= 0.6 is 0 Å². The number of fused-ring (bicyclic) bond motifs is 1. The number of nitrogens with one attached hydrogen (secondary N) is 1. The highest BCUT2D eigenvalue weighted by atomic mass is 16.5. The van der Waals surface area contributed by atoms with Crippen LogP contribution in [0.3, 0.4) is 0 Å². The van der Waals surface area contributed by atoms with E-state index in [9.17, 15) is 0 Å². The molecule has 2 heteroatoms. The standard InChI is InChI=1S/C17H25NO/c1-18-17(13-6-4-2-3-5-7-13)15-8-9-16-14(12-15)10-11-19-16/h8-9,12-13,17-18H,2-7,10-11H2,1H3. The molecule has 1 unspecified atom stereocenters. The zero-order valence-electron chi connectivity index (χ0n) is 12.0. The Labute approximate surface area is 116 Å². The summed E-state index contributed by atoms with van der Waals surface area (Å²) in [5.41, 5.74) is 2.85. The van der Waals surface area contributed by atoms with Crippen molar-refractivity contribution < 1.29 is 4.74 Å². The molecular formula is C17H25NO. The maximum atomic E-state index is 5.61. The smallest absolute Gasteiger partial charge is 0.122 e. The van der Waals surface area contributed by atoms with Gasteiger partial charge in [0, 0.05) is 12.5 Å². The molecule has 1 N–H and O–H groups in total. The maximum Gasteiger partial charge on any atom is 0.122 e. The lowest BCUT2D eigenvalue weighted by Crippen LogP contribution is -2.25. The van der Waals surface area contributed by atoms with Gasteiger partial charge in [-0.15, -0.1) is 0 Å². The van der Waals surface area contributed by atoms with Crippen molar-refractivity contribution in [3.63, 3.8) is 0 Å². The van der Waals surface area contributed by atoms with Gasteiger partial charge >= 0.3 is 0 Å². The first-order chi connectivity index (χ1) is 9.38. The topological polar surface area (TPSA) is 21.3 Å². The first kappa shape index (κ1) is 13.0. The van der Waals surface area contributed by atoms with Gasteiger partial charge < -0.3 is 10.1 Å². The lowest BCUT2D eigenvalue weighted by molar-refractivity contribution is 0.341. The lowest BCUT2D eigenvalue weighted by atomic mass is 9.86. The Balaban J connectivity index is 1.80. The highest BCUT2D eigenvalue weighted by Gasteiger charge is 2.24. The summed E-state index contributed by atoms with van der Waals surface area (Å²) in [6, 6.07) is 7.31. The number of rotatable bonds is 3. The molecule has 0 bridgehead atoms. The van der Waals surface area contributed by atoms with E-state index in [-0.39, 0.29) is 0 Å². The Morgan fingerprint density at radius 1 is 1.16 bits per heavy atom. The molecule has 2 aliphatic rings. The van der Waals surface area contributed by atoms with E-state index in [0.29, 0.717) is 6.04 Å². The molecule has 1 saturated carbocycles.